The van der Waals surface area contributed by atoms with E-state index in [0.29, 0.717) is 17.6 Å². The Morgan fingerprint density at radius 1 is 1.19 bits per heavy atom. The molecular formula is C13H18O3. The second-order valence-electron chi connectivity index (χ2n) is 4.14. The van der Waals surface area contributed by atoms with Crippen molar-refractivity contribution in [1.82, 2.24) is 0 Å². The van der Waals surface area contributed by atoms with Gasteiger partial charge < -0.3 is 5.11 Å². The van der Waals surface area contributed by atoms with Crippen LogP contribution in [0.2, 0.25) is 0 Å². The predicted molar refractivity (Wildman–Crippen MR) is 62.2 cm³/mol. The number of aliphatic hydroxyl groups is 1. The van der Waals surface area contributed by atoms with Crippen LogP contribution in [-0.4, -0.2) is 16.7 Å². The van der Waals surface area contributed by atoms with Gasteiger partial charge in [0, 0.05) is 11.6 Å². The molecule has 3 nitrogen and oxygen atoms in total. The number of hydrogen-bond acceptors (Lipinski definition) is 3. The second-order valence-corrected chi connectivity index (χ2v) is 4.14. The first-order valence-corrected chi connectivity index (χ1v) is 5.77. The van der Waals surface area contributed by atoms with Crippen LogP contribution in [0.5, 0.6) is 0 Å². The zero-order valence-corrected chi connectivity index (χ0v) is 9.88. The highest BCUT2D eigenvalue weighted by Crippen LogP contribution is 2.23. The van der Waals surface area contributed by atoms with Crippen molar-refractivity contribution in [2.24, 2.45) is 0 Å². The molecule has 0 saturated heterocycles. The lowest BCUT2D eigenvalue weighted by molar-refractivity contribution is -0.132. The molecule has 3 heteroatoms. The van der Waals surface area contributed by atoms with E-state index in [9.17, 15) is 14.7 Å². The molecule has 1 aliphatic carbocycles. The topological polar surface area (TPSA) is 54.4 Å². The number of rotatable bonds is 5. The van der Waals surface area contributed by atoms with Gasteiger partial charge in [0.15, 0.2) is 0 Å². The normalized spacial score (nSPS) is 16.8. The largest absolute Gasteiger partial charge is 0.508 e. The highest BCUT2D eigenvalue weighted by Gasteiger charge is 2.25. The maximum Gasteiger partial charge on any atom is 0.229 e. The number of Topliss-reactive ketones (excluding diaryl/α,β-unsaturated/α-hetero) is 1. The van der Waals surface area contributed by atoms with Crippen molar-refractivity contribution in [1.29, 1.82) is 0 Å². The first-order chi connectivity index (χ1) is 7.57. The Hall–Kier alpha value is -1.38. The van der Waals surface area contributed by atoms with Crippen LogP contribution in [0, 0.1) is 0 Å². The van der Waals surface area contributed by atoms with E-state index in [1.165, 1.54) is 0 Å². The van der Waals surface area contributed by atoms with Gasteiger partial charge in [0.2, 0.25) is 11.6 Å². The van der Waals surface area contributed by atoms with E-state index < -0.39 is 11.6 Å². The van der Waals surface area contributed by atoms with E-state index in [0.717, 1.165) is 31.8 Å². The number of ketones is 2. The zero-order chi connectivity index (χ0) is 12.1. The van der Waals surface area contributed by atoms with E-state index in [1.807, 2.05) is 0 Å². The van der Waals surface area contributed by atoms with E-state index in [4.69, 9.17) is 0 Å². The van der Waals surface area contributed by atoms with Gasteiger partial charge in [-0.05, 0) is 25.3 Å². The molecule has 0 fully saturated rings. The molecule has 0 unspecified atom stereocenters. The van der Waals surface area contributed by atoms with Gasteiger partial charge in [-0.3, -0.25) is 9.59 Å². The predicted octanol–water partition coefficient (Wildman–Crippen LogP) is 2.87. The van der Waals surface area contributed by atoms with Crippen LogP contribution in [0.25, 0.3) is 0 Å². The summed E-state index contributed by atoms with van der Waals surface area (Å²) in [5.41, 5.74) is 1.04. The van der Waals surface area contributed by atoms with Crippen molar-refractivity contribution < 1.29 is 14.7 Å². The third-order valence-electron chi connectivity index (χ3n) is 2.88. The van der Waals surface area contributed by atoms with Crippen molar-refractivity contribution in [2.75, 3.05) is 0 Å². The van der Waals surface area contributed by atoms with Gasteiger partial charge in [0.1, 0.15) is 5.76 Å². The summed E-state index contributed by atoms with van der Waals surface area (Å²) in [6, 6.07) is 0. The highest BCUT2D eigenvalue weighted by molar-refractivity contribution is 6.48. The fraction of sp³-hybridized carbons (Fsp3) is 0.538. The van der Waals surface area contributed by atoms with Gasteiger partial charge in [-0.25, -0.2) is 0 Å². The van der Waals surface area contributed by atoms with Crippen molar-refractivity contribution in [2.45, 2.75) is 46.0 Å². The molecule has 0 spiro atoms. The Balaban J connectivity index is 2.68. The van der Waals surface area contributed by atoms with Gasteiger partial charge in [-0.2, -0.15) is 0 Å². The average molecular weight is 222 g/mol. The fourth-order valence-corrected chi connectivity index (χ4v) is 1.80. The van der Waals surface area contributed by atoms with Crippen molar-refractivity contribution >= 4 is 11.6 Å². The smallest absolute Gasteiger partial charge is 0.229 e. The van der Waals surface area contributed by atoms with Crippen molar-refractivity contribution in [3.05, 3.63) is 23.0 Å². The molecule has 0 aliphatic heterocycles. The molecule has 0 amide bonds. The number of hydrogen-bond donors (Lipinski definition) is 1. The lowest BCUT2D eigenvalue weighted by atomic mass is 9.91. The Morgan fingerprint density at radius 3 is 2.50 bits per heavy atom. The lowest BCUT2D eigenvalue weighted by Crippen LogP contribution is -2.20. The number of unbranched alkanes of at least 4 members (excludes halogenated alkanes) is 3. The van der Waals surface area contributed by atoms with Crippen molar-refractivity contribution in [3.8, 4) is 0 Å². The molecule has 0 heterocycles. The minimum atomic E-state index is -0.603. The molecule has 0 aromatic carbocycles. The van der Waals surface area contributed by atoms with Crippen LogP contribution in [0.15, 0.2) is 23.0 Å². The first kappa shape index (κ1) is 12.7. The molecule has 0 radical (unpaired) electrons. The van der Waals surface area contributed by atoms with Crippen LogP contribution in [0.4, 0.5) is 0 Å². The summed E-state index contributed by atoms with van der Waals surface area (Å²) in [6.45, 7) is 3.81. The molecule has 0 atom stereocenters. The number of allylic oxidation sites excluding steroid dienone is 3. The molecule has 0 aromatic rings. The summed E-state index contributed by atoms with van der Waals surface area (Å²) < 4.78 is 0. The Bertz CT molecular complexity index is 361. The minimum absolute atomic E-state index is 0.0601. The quantitative estimate of drug-likeness (QED) is 0.442. The lowest BCUT2D eigenvalue weighted by Gasteiger charge is -2.13. The SMILES string of the molecule is CCCCCCC1=C(C)C(O)=CC(=O)C1=O. The third kappa shape index (κ3) is 2.81. The number of aliphatic hydroxyl groups excluding tert-OH is 1. The van der Waals surface area contributed by atoms with Crippen LogP contribution >= 0.6 is 0 Å². The molecule has 0 saturated carbocycles. The van der Waals surface area contributed by atoms with Crippen LogP contribution in [0.1, 0.15) is 46.0 Å². The standard InChI is InChI=1S/C13H18O3/c1-3-4-5-6-7-10-9(2)11(14)8-12(15)13(10)16/h8,14H,3-7H2,1-2H3. The van der Waals surface area contributed by atoms with Gasteiger partial charge in [-0.15, -0.1) is 0 Å². The Kier molecular flexibility index (Phi) is 4.47. The summed E-state index contributed by atoms with van der Waals surface area (Å²) in [4.78, 5) is 22.8. The maximum atomic E-state index is 11.6. The Labute approximate surface area is 95.9 Å². The van der Waals surface area contributed by atoms with Gasteiger partial charge in [-0.1, -0.05) is 26.2 Å². The highest BCUT2D eigenvalue weighted by atomic mass is 16.3. The van der Waals surface area contributed by atoms with Crippen LogP contribution < -0.4 is 0 Å². The molecule has 0 aromatic heterocycles. The summed E-state index contributed by atoms with van der Waals surface area (Å²) in [5.74, 6) is -1.12. The number of carbonyl (C=O) groups is 2. The Morgan fingerprint density at radius 2 is 1.88 bits per heavy atom. The van der Waals surface area contributed by atoms with Crippen LogP contribution in [-0.2, 0) is 9.59 Å². The molecule has 1 aliphatic rings. The summed E-state index contributed by atoms with van der Waals surface area (Å²) in [5, 5.41) is 9.47. The molecule has 1 rings (SSSR count). The average Bonchev–Trinajstić information content (AvgIpc) is 2.25. The maximum absolute atomic E-state index is 11.6. The molecule has 88 valence electrons. The fourth-order valence-electron chi connectivity index (χ4n) is 1.80. The number of carbonyl (C=O) groups excluding carboxylic acids is 2. The second kappa shape index (κ2) is 5.64. The summed E-state index contributed by atoms with van der Waals surface area (Å²) in [6.07, 6.45) is 5.82. The summed E-state index contributed by atoms with van der Waals surface area (Å²) in [7, 11) is 0. The van der Waals surface area contributed by atoms with Gasteiger partial charge >= 0.3 is 0 Å². The monoisotopic (exact) mass is 222 g/mol. The van der Waals surface area contributed by atoms with Gasteiger partial charge in [0.05, 0.1) is 0 Å². The summed E-state index contributed by atoms with van der Waals surface area (Å²) >= 11 is 0. The minimum Gasteiger partial charge on any atom is -0.508 e. The first-order valence-electron chi connectivity index (χ1n) is 5.77. The molecular weight excluding hydrogens is 204 g/mol. The van der Waals surface area contributed by atoms with E-state index in [-0.39, 0.29) is 5.76 Å². The van der Waals surface area contributed by atoms with Gasteiger partial charge in [0.25, 0.3) is 0 Å². The molecule has 1 N–H and O–H groups in total. The third-order valence-corrected chi connectivity index (χ3v) is 2.88. The van der Waals surface area contributed by atoms with Crippen molar-refractivity contribution in [3.63, 3.8) is 0 Å². The van der Waals surface area contributed by atoms with E-state index in [2.05, 4.69) is 6.92 Å². The van der Waals surface area contributed by atoms with E-state index in [1.54, 1.807) is 6.92 Å². The zero-order valence-electron chi connectivity index (χ0n) is 9.88. The van der Waals surface area contributed by atoms with E-state index >= 15 is 0 Å². The molecule has 0 bridgehead atoms. The van der Waals surface area contributed by atoms with Crippen LogP contribution in [0.3, 0.4) is 0 Å². The molecule has 16 heavy (non-hydrogen) atoms.